The van der Waals surface area contributed by atoms with Crippen molar-refractivity contribution in [3.63, 3.8) is 0 Å². The summed E-state index contributed by atoms with van der Waals surface area (Å²) in [5, 5.41) is 15.0. The number of benzene rings is 3. The van der Waals surface area contributed by atoms with Gasteiger partial charge in [0.1, 0.15) is 5.75 Å². The molecular weight excluding hydrogens is 506 g/mol. The Bertz CT molecular complexity index is 1260. The second-order valence-corrected chi connectivity index (χ2v) is 8.08. The van der Waals surface area contributed by atoms with Crippen LogP contribution in [0.5, 0.6) is 11.5 Å². The fraction of sp³-hybridized carbons (Fsp3) is 0.125. The SMILES string of the molecule is Cc1cccc(C(=O)Oc2ccc(Br)cc2/C=N\NC(=O)[C@@H](C)Oc2ccccc2[N+](=O)[O-])c1. The number of nitrogens with zero attached hydrogens (tertiary/aromatic N) is 2. The molecule has 0 unspecified atom stereocenters. The Morgan fingerprint density at radius 3 is 2.59 bits per heavy atom. The second kappa shape index (κ2) is 11.2. The Hall–Kier alpha value is -4.05. The van der Waals surface area contributed by atoms with Gasteiger partial charge < -0.3 is 9.47 Å². The van der Waals surface area contributed by atoms with Gasteiger partial charge >= 0.3 is 11.7 Å². The van der Waals surface area contributed by atoms with E-state index < -0.39 is 22.9 Å². The Kier molecular flexibility index (Phi) is 8.10. The number of nitro benzene ring substituents is 1. The lowest BCUT2D eigenvalue weighted by atomic mass is 10.1. The minimum atomic E-state index is -1.06. The molecule has 0 saturated heterocycles. The standard InChI is InChI=1S/C24H20BrN3O6/c1-15-6-5-7-17(12-15)24(30)34-21-11-10-19(25)13-18(21)14-26-27-23(29)16(2)33-22-9-4-3-8-20(22)28(31)32/h3-14,16H,1-2H3,(H,27,29)/b26-14-/t16-/m1/s1. The molecule has 1 atom stereocenters. The highest BCUT2D eigenvalue weighted by Crippen LogP contribution is 2.27. The first kappa shape index (κ1) is 24.6. The van der Waals surface area contributed by atoms with Crippen molar-refractivity contribution in [3.05, 3.63) is 98.0 Å². The molecule has 0 bridgehead atoms. The van der Waals surface area contributed by atoms with Crippen LogP contribution in [-0.2, 0) is 4.79 Å². The van der Waals surface area contributed by atoms with Gasteiger partial charge in [0.2, 0.25) is 0 Å². The fourth-order valence-electron chi connectivity index (χ4n) is 2.85. The molecule has 1 amide bonds. The molecule has 0 aliphatic carbocycles. The summed E-state index contributed by atoms with van der Waals surface area (Å²) < 4.78 is 11.6. The number of hydrazone groups is 1. The molecule has 3 rings (SSSR count). The van der Waals surface area contributed by atoms with Gasteiger partial charge in [0.25, 0.3) is 5.91 Å². The minimum absolute atomic E-state index is 0.0310. The number of rotatable bonds is 8. The van der Waals surface area contributed by atoms with E-state index in [2.05, 4.69) is 26.5 Å². The zero-order chi connectivity index (χ0) is 24.7. The Morgan fingerprint density at radius 1 is 1.09 bits per heavy atom. The molecule has 174 valence electrons. The lowest BCUT2D eigenvalue weighted by Gasteiger charge is -2.13. The molecule has 9 nitrogen and oxygen atoms in total. The normalized spacial score (nSPS) is 11.6. The van der Waals surface area contributed by atoms with Crippen LogP contribution in [0.25, 0.3) is 0 Å². The maximum absolute atomic E-state index is 12.5. The molecule has 0 aliphatic heterocycles. The number of hydrogen-bond donors (Lipinski definition) is 1. The molecule has 34 heavy (non-hydrogen) atoms. The zero-order valence-corrected chi connectivity index (χ0v) is 19.8. The van der Waals surface area contributed by atoms with Gasteiger partial charge in [0.05, 0.1) is 16.7 Å². The van der Waals surface area contributed by atoms with Crippen molar-refractivity contribution >= 4 is 39.7 Å². The smallest absolute Gasteiger partial charge is 0.343 e. The third kappa shape index (κ3) is 6.48. The van der Waals surface area contributed by atoms with E-state index in [0.717, 1.165) is 5.56 Å². The van der Waals surface area contributed by atoms with Crippen LogP contribution < -0.4 is 14.9 Å². The molecule has 1 N–H and O–H groups in total. The predicted molar refractivity (Wildman–Crippen MR) is 129 cm³/mol. The molecule has 0 spiro atoms. The maximum Gasteiger partial charge on any atom is 0.343 e. The number of esters is 1. The summed E-state index contributed by atoms with van der Waals surface area (Å²) in [5.41, 5.74) is 3.83. The van der Waals surface area contributed by atoms with Crippen LogP contribution in [0.4, 0.5) is 5.69 Å². The Morgan fingerprint density at radius 2 is 1.85 bits per heavy atom. The van der Waals surface area contributed by atoms with Crippen molar-refractivity contribution in [2.45, 2.75) is 20.0 Å². The highest BCUT2D eigenvalue weighted by molar-refractivity contribution is 9.10. The summed E-state index contributed by atoms with van der Waals surface area (Å²) in [6, 6.07) is 17.7. The molecule has 3 aromatic carbocycles. The summed E-state index contributed by atoms with van der Waals surface area (Å²) in [6.45, 7) is 3.31. The molecule has 0 saturated carbocycles. The predicted octanol–water partition coefficient (Wildman–Crippen LogP) is 4.80. The number of carbonyl (C=O) groups excluding carboxylic acids is 2. The van der Waals surface area contributed by atoms with Crippen LogP contribution in [0, 0.1) is 17.0 Å². The van der Waals surface area contributed by atoms with Gasteiger partial charge in [-0.1, -0.05) is 45.8 Å². The van der Waals surface area contributed by atoms with Crippen molar-refractivity contribution in [1.82, 2.24) is 5.43 Å². The third-order valence-corrected chi connectivity index (χ3v) is 5.03. The van der Waals surface area contributed by atoms with E-state index in [-0.39, 0.29) is 17.2 Å². The summed E-state index contributed by atoms with van der Waals surface area (Å²) in [6.07, 6.45) is 0.263. The van der Waals surface area contributed by atoms with E-state index in [1.54, 1.807) is 42.5 Å². The second-order valence-electron chi connectivity index (χ2n) is 7.16. The van der Waals surface area contributed by atoms with Crippen LogP contribution in [0.2, 0.25) is 0 Å². The highest BCUT2D eigenvalue weighted by Gasteiger charge is 2.20. The van der Waals surface area contributed by atoms with Gasteiger partial charge in [0, 0.05) is 16.1 Å². The average Bonchev–Trinajstić information content (AvgIpc) is 2.80. The molecule has 0 fully saturated rings. The number of halogens is 1. The molecule has 0 radical (unpaired) electrons. The zero-order valence-electron chi connectivity index (χ0n) is 18.2. The molecule has 0 aliphatic rings. The summed E-state index contributed by atoms with van der Waals surface area (Å²) in [5.74, 6) is -0.938. The number of nitro groups is 1. The molecule has 3 aromatic rings. The van der Waals surface area contributed by atoms with Crippen molar-refractivity contribution < 1.29 is 24.0 Å². The number of para-hydroxylation sites is 2. The molecular formula is C24H20BrN3O6. The Balaban J connectivity index is 1.68. The highest BCUT2D eigenvalue weighted by atomic mass is 79.9. The van der Waals surface area contributed by atoms with E-state index in [4.69, 9.17) is 9.47 Å². The number of hydrogen-bond acceptors (Lipinski definition) is 7. The van der Waals surface area contributed by atoms with Crippen molar-refractivity contribution in [1.29, 1.82) is 0 Å². The van der Waals surface area contributed by atoms with Crippen molar-refractivity contribution in [3.8, 4) is 11.5 Å². The summed E-state index contributed by atoms with van der Waals surface area (Å²) >= 11 is 3.35. The van der Waals surface area contributed by atoms with E-state index >= 15 is 0 Å². The van der Waals surface area contributed by atoms with Gasteiger partial charge in [-0.3, -0.25) is 14.9 Å². The number of aryl methyl sites for hydroxylation is 1. The van der Waals surface area contributed by atoms with Crippen LogP contribution in [0.1, 0.15) is 28.4 Å². The first-order valence-electron chi connectivity index (χ1n) is 10.1. The quantitative estimate of drug-likeness (QED) is 0.148. The topological polar surface area (TPSA) is 120 Å². The fourth-order valence-corrected chi connectivity index (χ4v) is 3.23. The monoisotopic (exact) mass is 525 g/mol. The number of amides is 1. The van der Waals surface area contributed by atoms with Crippen molar-refractivity contribution in [2.75, 3.05) is 0 Å². The van der Waals surface area contributed by atoms with Crippen LogP contribution in [0.15, 0.2) is 76.3 Å². The largest absolute Gasteiger partial charge is 0.474 e. The van der Waals surface area contributed by atoms with Crippen LogP contribution in [-0.4, -0.2) is 29.1 Å². The number of carbonyl (C=O) groups is 2. The molecule has 0 heterocycles. The molecule has 10 heteroatoms. The third-order valence-electron chi connectivity index (χ3n) is 4.54. The van der Waals surface area contributed by atoms with Gasteiger partial charge in [-0.25, -0.2) is 10.2 Å². The van der Waals surface area contributed by atoms with Gasteiger partial charge in [-0.05, 0) is 50.2 Å². The van der Waals surface area contributed by atoms with Crippen LogP contribution >= 0.6 is 15.9 Å². The summed E-state index contributed by atoms with van der Waals surface area (Å²) in [4.78, 5) is 35.4. The van der Waals surface area contributed by atoms with Crippen LogP contribution in [0.3, 0.4) is 0 Å². The van der Waals surface area contributed by atoms with Gasteiger partial charge in [0.15, 0.2) is 11.9 Å². The first-order chi connectivity index (χ1) is 16.2. The number of ether oxygens (including phenoxy) is 2. The summed E-state index contributed by atoms with van der Waals surface area (Å²) in [7, 11) is 0. The van der Waals surface area contributed by atoms with E-state index in [9.17, 15) is 19.7 Å². The van der Waals surface area contributed by atoms with E-state index in [0.29, 0.717) is 15.6 Å². The van der Waals surface area contributed by atoms with E-state index in [1.165, 1.54) is 31.3 Å². The average molecular weight is 526 g/mol. The van der Waals surface area contributed by atoms with Gasteiger partial charge in [-0.15, -0.1) is 0 Å². The Labute approximate surface area is 203 Å². The lowest BCUT2D eigenvalue weighted by molar-refractivity contribution is -0.386. The van der Waals surface area contributed by atoms with Crippen molar-refractivity contribution in [2.24, 2.45) is 5.10 Å². The first-order valence-corrected chi connectivity index (χ1v) is 10.9. The number of nitrogens with one attached hydrogen (secondary N) is 1. The van der Waals surface area contributed by atoms with Gasteiger partial charge in [-0.2, -0.15) is 5.10 Å². The minimum Gasteiger partial charge on any atom is -0.474 e. The lowest BCUT2D eigenvalue weighted by Crippen LogP contribution is -2.33. The maximum atomic E-state index is 12.5. The van der Waals surface area contributed by atoms with E-state index in [1.807, 2.05) is 13.0 Å². The molecule has 0 aromatic heterocycles.